The lowest BCUT2D eigenvalue weighted by Crippen LogP contribution is -2.56. The number of aromatic amines is 1. The molecule has 0 bridgehead atoms. The molecule has 2 aliphatic heterocycles. The summed E-state index contributed by atoms with van der Waals surface area (Å²) in [6.07, 6.45) is 1.22. The van der Waals surface area contributed by atoms with E-state index in [0.29, 0.717) is 26.2 Å². The van der Waals surface area contributed by atoms with Gasteiger partial charge in [-0.2, -0.15) is 0 Å². The topological polar surface area (TPSA) is 84.1 Å². The van der Waals surface area contributed by atoms with E-state index < -0.39 is 13.9 Å². The third-order valence-corrected chi connectivity index (χ3v) is 13.4. The number of nitrogens with one attached hydrogen (secondary N) is 1. The first-order chi connectivity index (χ1) is 18.0. The van der Waals surface area contributed by atoms with Crippen molar-refractivity contribution >= 4 is 31.2 Å². The van der Waals surface area contributed by atoms with Gasteiger partial charge in [-0.25, -0.2) is 4.79 Å². The number of hydrogen-bond acceptors (Lipinski definition) is 5. The van der Waals surface area contributed by atoms with Crippen LogP contribution < -0.4 is 4.74 Å². The zero-order valence-corrected chi connectivity index (χ0v) is 26.5. The molecule has 216 valence electrons. The molecule has 1 atom stereocenters. The predicted octanol–water partition coefficient (Wildman–Crippen LogP) is 6.37. The molecule has 9 heteroatoms. The molecule has 2 aliphatic rings. The maximum absolute atomic E-state index is 13.2. The van der Waals surface area contributed by atoms with Crippen LogP contribution in [0, 0.1) is 0 Å². The van der Waals surface area contributed by atoms with Crippen molar-refractivity contribution < 1.29 is 23.5 Å². The standard InChI is InChI=1S/C30H47N3O5Si/c1-20(34)33-19-30(13-15-32(16-14-30)27(35)38-28(2,3)4)25-22-12-11-21(36-8)17-23(22)31-26(25)24(33)18-37-39(9,10)29(5,6)7/h11-12,17,24,31H,13-16,18-19H2,1-10H3/t24-/m0/s1. The highest BCUT2D eigenvalue weighted by atomic mass is 28.4. The van der Waals surface area contributed by atoms with Gasteiger partial charge in [-0.3, -0.25) is 4.79 Å². The molecular weight excluding hydrogens is 510 g/mol. The number of nitrogens with zero attached hydrogens (tertiary/aromatic N) is 2. The van der Waals surface area contributed by atoms with Crippen molar-refractivity contribution in [2.24, 2.45) is 0 Å². The normalized spacial score (nSPS) is 19.8. The fourth-order valence-electron chi connectivity index (χ4n) is 5.68. The molecule has 2 aromatic rings. The molecule has 1 spiro atoms. The number of benzene rings is 1. The van der Waals surface area contributed by atoms with Crippen molar-refractivity contribution in [1.29, 1.82) is 0 Å². The first kappa shape index (κ1) is 29.5. The summed E-state index contributed by atoms with van der Waals surface area (Å²) in [5.41, 5.74) is 2.48. The molecule has 8 nitrogen and oxygen atoms in total. The molecule has 4 rings (SSSR count). The monoisotopic (exact) mass is 557 g/mol. The molecule has 2 amide bonds. The van der Waals surface area contributed by atoms with Crippen LogP contribution in [0.2, 0.25) is 18.1 Å². The summed E-state index contributed by atoms with van der Waals surface area (Å²) in [6, 6.07) is 5.94. The summed E-state index contributed by atoms with van der Waals surface area (Å²) < 4.78 is 17.9. The van der Waals surface area contributed by atoms with Crippen LogP contribution in [0.15, 0.2) is 18.2 Å². The van der Waals surface area contributed by atoms with Crippen LogP contribution in [0.3, 0.4) is 0 Å². The Morgan fingerprint density at radius 1 is 1.10 bits per heavy atom. The van der Waals surface area contributed by atoms with Crippen LogP contribution in [0.25, 0.3) is 10.9 Å². The number of likely N-dealkylation sites (tertiary alicyclic amines) is 1. The van der Waals surface area contributed by atoms with Gasteiger partial charge in [-0.05, 0) is 69.4 Å². The summed E-state index contributed by atoms with van der Waals surface area (Å²) in [7, 11) is -0.376. The molecule has 0 saturated carbocycles. The Kier molecular flexibility index (Phi) is 7.66. The number of amides is 2. The molecule has 1 saturated heterocycles. The number of hydrogen-bond donors (Lipinski definition) is 1. The second-order valence-corrected chi connectivity index (χ2v) is 18.6. The average molecular weight is 558 g/mol. The van der Waals surface area contributed by atoms with Crippen molar-refractivity contribution in [3.05, 3.63) is 29.5 Å². The lowest BCUT2D eigenvalue weighted by Gasteiger charge is -2.50. The maximum Gasteiger partial charge on any atom is 0.410 e. The molecule has 1 aromatic carbocycles. The van der Waals surface area contributed by atoms with Crippen LogP contribution >= 0.6 is 0 Å². The Hall–Kier alpha value is -2.52. The van der Waals surface area contributed by atoms with Gasteiger partial charge in [0.05, 0.1) is 19.8 Å². The van der Waals surface area contributed by atoms with Gasteiger partial charge in [-0.1, -0.05) is 20.8 Å². The van der Waals surface area contributed by atoms with Gasteiger partial charge in [0.25, 0.3) is 0 Å². The molecule has 0 unspecified atom stereocenters. The minimum atomic E-state index is -2.05. The van der Waals surface area contributed by atoms with Crippen molar-refractivity contribution in [3.8, 4) is 5.75 Å². The summed E-state index contributed by atoms with van der Waals surface area (Å²) in [4.78, 5) is 33.5. The van der Waals surface area contributed by atoms with E-state index >= 15 is 0 Å². The number of piperidine rings is 1. The van der Waals surface area contributed by atoms with Crippen molar-refractivity contribution in [2.45, 2.75) is 96.5 Å². The molecule has 1 fully saturated rings. The molecule has 0 radical (unpaired) electrons. The van der Waals surface area contributed by atoms with Gasteiger partial charge in [-0.15, -0.1) is 0 Å². The number of methoxy groups -OCH3 is 1. The lowest BCUT2D eigenvalue weighted by molar-refractivity contribution is -0.134. The number of aromatic nitrogens is 1. The fourth-order valence-corrected chi connectivity index (χ4v) is 6.68. The van der Waals surface area contributed by atoms with Gasteiger partial charge in [0.2, 0.25) is 5.91 Å². The number of carbonyl (C=O) groups excluding carboxylic acids is 2. The molecule has 1 N–H and O–H groups in total. The SMILES string of the molecule is COc1ccc2c3c([nH]c2c1)[C@H](CO[Si](C)(C)C(C)(C)C)N(C(C)=O)CC31CCN(C(=O)OC(C)(C)C)CC1. The van der Waals surface area contributed by atoms with E-state index in [1.165, 1.54) is 5.56 Å². The van der Waals surface area contributed by atoms with E-state index in [9.17, 15) is 9.59 Å². The number of fused-ring (bicyclic) bond motifs is 4. The largest absolute Gasteiger partial charge is 0.497 e. The number of carbonyl (C=O) groups is 2. The van der Waals surface area contributed by atoms with Crippen LogP contribution in [0.4, 0.5) is 4.79 Å². The highest BCUT2D eigenvalue weighted by Crippen LogP contribution is 2.50. The molecule has 0 aliphatic carbocycles. The number of rotatable bonds is 4. The minimum Gasteiger partial charge on any atom is -0.497 e. The van der Waals surface area contributed by atoms with Gasteiger partial charge in [0.15, 0.2) is 8.32 Å². The van der Waals surface area contributed by atoms with Crippen LogP contribution in [-0.2, 0) is 19.4 Å². The molecule has 39 heavy (non-hydrogen) atoms. The van der Waals surface area contributed by atoms with Gasteiger partial charge < -0.3 is 28.7 Å². The van der Waals surface area contributed by atoms with Crippen molar-refractivity contribution in [2.75, 3.05) is 33.4 Å². The summed E-state index contributed by atoms with van der Waals surface area (Å²) in [5, 5.41) is 1.21. The molecular formula is C30H47N3O5Si. The molecule has 3 heterocycles. The third kappa shape index (κ3) is 5.71. The zero-order valence-electron chi connectivity index (χ0n) is 25.5. The first-order valence-electron chi connectivity index (χ1n) is 14.1. The highest BCUT2D eigenvalue weighted by Gasteiger charge is 2.50. The van der Waals surface area contributed by atoms with Crippen molar-refractivity contribution in [3.63, 3.8) is 0 Å². The van der Waals surface area contributed by atoms with Crippen LogP contribution in [-0.4, -0.2) is 74.1 Å². The first-order valence-corrected chi connectivity index (χ1v) is 17.0. The van der Waals surface area contributed by atoms with Gasteiger partial charge >= 0.3 is 6.09 Å². The summed E-state index contributed by atoms with van der Waals surface area (Å²) in [6.45, 7) is 20.7. The lowest BCUT2D eigenvalue weighted by atomic mass is 9.68. The Balaban J connectivity index is 1.76. The van der Waals surface area contributed by atoms with E-state index in [2.05, 4.69) is 44.9 Å². The molecule has 1 aromatic heterocycles. The smallest absolute Gasteiger partial charge is 0.410 e. The van der Waals surface area contributed by atoms with E-state index in [1.54, 1.807) is 18.9 Å². The van der Waals surface area contributed by atoms with E-state index in [-0.39, 0.29) is 28.5 Å². The summed E-state index contributed by atoms with van der Waals surface area (Å²) in [5.74, 6) is 0.821. The average Bonchev–Trinajstić information content (AvgIpc) is 3.21. The Labute approximate surface area is 234 Å². The van der Waals surface area contributed by atoms with Crippen LogP contribution in [0.1, 0.15) is 78.6 Å². The van der Waals surface area contributed by atoms with Crippen molar-refractivity contribution in [1.82, 2.24) is 14.8 Å². The van der Waals surface area contributed by atoms with E-state index in [4.69, 9.17) is 13.9 Å². The van der Waals surface area contributed by atoms with Crippen LogP contribution in [0.5, 0.6) is 5.75 Å². The van der Waals surface area contributed by atoms with E-state index in [1.807, 2.05) is 37.8 Å². The number of ether oxygens (including phenoxy) is 2. The maximum atomic E-state index is 13.2. The fraction of sp³-hybridized carbons (Fsp3) is 0.667. The van der Waals surface area contributed by atoms with E-state index in [0.717, 1.165) is 35.2 Å². The second kappa shape index (κ2) is 10.1. The van der Waals surface area contributed by atoms with Gasteiger partial charge in [0.1, 0.15) is 11.4 Å². The quantitative estimate of drug-likeness (QED) is 0.442. The summed E-state index contributed by atoms with van der Waals surface area (Å²) >= 11 is 0. The number of H-pyrrole nitrogens is 1. The Morgan fingerprint density at radius 2 is 1.74 bits per heavy atom. The predicted molar refractivity (Wildman–Crippen MR) is 157 cm³/mol. The third-order valence-electron chi connectivity index (χ3n) is 8.93. The Morgan fingerprint density at radius 3 is 2.28 bits per heavy atom. The zero-order chi connectivity index (χ0) is 29.0. The highest BCUT2D eigenvalue weighted by molar-refractivity contribution is 6.74. The Bertz CT molecular complexity index is 1230. The second-order valence-electron chi connectivity index (χ2n) is 13.8. The minimum absolute atomic E-state index is 0.0367. The van der Waals surface area contributed by atoms with Gasteiger partial charge in [0, 0.05) is 54.6 Å².